The minimum atomic E-state index is -1.24. The van der Waals surface area contributed by atoms with Gasteiger partial charge in [-0.1, -0.05) is 35.9 Å². The maximum Gasteiger partial charge on any atom is 0.323 e. The molecule has 2 aliphatic rings. The van der Waals surface area contributed by atoms with Crippen molar-refractivity contribution in [1.82, 2.24) is 4.90 Å². The highest BCUT2D eigenvalue weighted by Crippen LogP contribution is 2.54. The summed E-state index contributed by atoms with van der Waals surface area (Å²) in [5.41, 5.74) is 3.19. The molecule has 0 aliphatic carbocycles. The minimum absolute atomic E-state index is 0.0668. The highest BCUT2D eigenvalue weighted by molar-refractivity contribution is 8.01. The maximum atomic E-state index is 14.4. The summed E-state index contributed by atoms with van der Waals surface area (Å²) in [5.74, 6) is -0.489. The number of rotatable bonds is 3. The zero-order valence-corrected chi connectivity index (χ0v) is 18.7. The first-order valence-corrected chi connectivity index (χ1v) is 11.5. The fourth-order valence-corrected chi connectivity index (χ4v) is 5.86. The van der Waals surface area contributed by atoms with Crippen LogP contribution in [0.4, 0.5) is 25.0 Å². The number of halogens is 2. The van der Waals surface area contributed by atoms with Crippen molar-refractivity contribution in [2.75, 3.05) is 22.5 Å². The third kappa shape index (κ3) is 3.54. The maximum absolute atomic E-state index is 14.4. The molecule has 0 bridgehead atoms. The highest BCUT2D eigenvalue weighted by atomic mass is 32.2. The molecule has 5 nitrogen and oxygen atoms in total. The Hall–Kier alpha value is -3.39. The molecule has 1 spiro atoms. The van der Waals surface area contributed by atoms with Gasteiger partial charge in [0.05, 0.1) is 12.2 Å². The molecule has 0 aromatic heterocycles. The molecule has 8 heteroatoms. The van der Waals surface area contributed by atoms with Crippen LogP contribution in [0.1, 0.15) is 16.7 Å². The summed E-state index contributed by atoms with van der Waals surface area (Å²) in [5, 5.41) is 2.78. The summed E-state index contributed by atoms with van der Waals surface area (Å²) < 4.78 is 27.7. The van der Waals surface area contributed by atoms with Gasteiger partial charge in [-0.2, -0.15) is 0 Å². The zero-order chi connectivity index (χ0) is 23.2. The fourth-order valence-electron chi connectivity index (χ4n) is 4.41. The summed E-state index contributed by atoms with van der Waals surface area (Å²) in [6.45, 7) is 2.36. The molecule has 0 radical (unpaired) electrons. The normalized spacial score (nSPS) is 19.3. The number of hydrogen-bond acceptors (Lipinski definition) is 3. The van der Waals surface area contributed by atoms with E-state index in [1.54, 1.807) is 23.1 Å². The lowest BCUT2D eigenvalue weighted by molar-refractivity contribution is -0.123. The van der Waals surface area contributed by atoms with E-state index in [4.69, 9.17) is 0 Å². The van der Waals surface area contributed by atoms with Crippen LogP contribution in [-0.2, 0) is 16.2 Å². The van der Waals surface area contributed by atoms with Crippen molar-refractivity contribution in [3.63, 3.8) is 0 Å². The molecule has 3 amide bonds. The molecule has 1 N–H and O–H groups in total. The van der Waals surface area contributed by atoms with Crippen LogP contribution < -0.4 is 10.2 Å². The molecule has 1 atom stereocenters. The Morgan fingerprint density at radius 2 is 1.85 bits per heavy atom. The predicted molar refractivity (Wildman–Crippen MR) is 125 cm³/mol. The van der Waals surface area contributed by atoms with E-state index in [2.05, 4.69) is 5.32 Å². The average molecular weight is 466 g/mol. The Morgan fingerprint density at radius 3 is 2.61 bits per heavy atom. The summed E-state index contributed by atoms with van der Waals surface area (Å²) in [6, 6.07) is 17.1. The molecule has 2 heterocycles. The third-order valence-electron chi connectivity index (χ3n) is 5.98. The number of urea groups is 1. The van der Waals surface area contributed by atoms with Gasteiger partial charge in [-0.15, -0.1) is 11.8 Å². The number of fused-ring (bicyclic) bond motifs is 2. The molecule has 0 saturated carbocycles. The van der Waals surface area contributed by atoms with Gasteiger partial charge >= 0.3 is 6.03 Å². The standard InChI is InChI=1S/C25H21F2N3O2S/c1-16-6-11-22-20(14-16)25(23(31)29(22)15-17-4-2-3-5-21(17)27)30(12-13-33-25)24(32)28-19-9-7-18(26)8-10-19/h2-11,14H,12-13,15H2,1H3,(H,28,32)/t25-/m1/s1. The van der Waals surface area contributed by atoms with Crippen molar-refractivity contribution < 1.29 is 18.4 Å². The minimum Gasteiger partial charge on any atom is -0.308 e. The quantitative estimate of drug-likeness (QED) is 0.575. The first kappa shape index (κ1) is 21.5. The number of nitrogens with one attached hydrogen (secondary N) is 1. The Balaban J connectivity index is 1.54. The molecule has 0 unspecified atom stereocenters. The van der Waals surface area contributed by atoms with Crippen LogP contribution >= 0.6 is 11.8 Å². The first-order valence-electron chi connectivity index (χ1n) is 10.5. The molecular weight excluding hydrogens is 444 g/mol. The topological polar surface area (TPSA) is 52.7 Å². The summed E-state index contributed by atoms with van der Waals surface area (Å²) in [6.07, 6.45) is 0. The number of anilines is 2. The molecule has 1 fully saturated rings. The number of nitrogens with zero attached hydrogens (tertiary/aromatic N) is 2. The van der Waals surface area contributed by atoms with Crippen molar-refractivity contribution in [3.05, 3.63) is 95.1 Å². The van der Waals surface area contributed by atoms with Crippen LogP contribution in [0.25, 0.3) is 0 Å². The number of carbonyl (C=O) groups excluding carboxylic acids is 2. The van der Waals surface area contributed by atoms with Crippen molar-refractivity contribution >= 4 is 35.1 Å². The molecule has 1 saturated heterocycles. The van der Waals surface area contributed by atoms with Gasteiger partial charge in [-0.3, -0.25) is 9.69 Å². The molecule has 33 heavy (non-hydrogen) atoms. The monoisotopic (exact) mass is 465 g/mol. The largest absolute Gasteiger partial charge is 0.323 e. The Morgan fingerprint density at radius 1 is 1.09 bits per heavy atom. The Bertz CT molecular complexity index is 1250. The van der Waals surface area contributed by atoms with Crippen LogP contribution in [0.2, 0.25) is 0 Å². The smallest absolute Gasteiger partial charge is 0.308 e. The number of aryl methyl sites for hydroxylation is 1. The van der Waals surface area contributed by atoms with Crippen molar-refractivity contribution in [1.29, 1.82) is 0 Å². The van der Waals surface area contributed by atoms with Gasteiger partial charge in [0.1, 0.15) is 11.6 Å². The summed E-state index contributed by atoms with van der Waals surface area (Å²) in [4.78, 5) is 29.1. The average Bonchev–Trinajstić information content (AvgIpc) is 3.34. The first-order chi connectivity index (χ1) is 15.9. The van der Waals surface area contributed by atoms with Gasteiger partial charge in [-0.25, -0.2) is 13.6 Å². The number of amides is 3. The molecule has 5 rings (SSSR count). The van der Waals surface area contributed by atoms with Gasteiger partial charge in [0.15, 0.2) is 4.87 Å². The summed E-state index contributed by atoms with van der Waals surface area (Å²) >= 11 is 1.40. The van der Waals surface area contributed by atoms with Gasteiger partial charge in [0, 0.05) is 29.1 Å². The molecule has 3 aromatic rings. The van der Waals surface area contributed by atoms with E-state index in [-0.39, 0.29) is 18.3 Å². The van der Waals surface area contributed by atoms with Crippen LogP contribution in [0.15, 0.2) is 66.7 Å². The van der Waals surface area contributed by atoms with E-state index in [9.17, 15) is 18.4 Å². The van der Waals surface area contributed by atoms with Crippen LogP contribution in [0.5, 0.6) is 0 Å². The predicted octanol–water partition coefficient (Wildman–Crippen LogP) is 5.25. The van der Waals surface area contributed by atoms with Crippen molar-refractivity contribution in [2.24, 2.45) is 0 Å². The Kier molecular flexibility index (Phi) is 5.32. The molecule has 168 valence electrons. The van der Waals surface area contributed by atoms with Gasteiger partial charge in [0.2, 0.25) is 0 Å². The van der Waals surface area contributed by atoms with Gasteiger partial charge in [-0.05, 0) is 43.3 Å². The number of hydrogen-bond donors (Lipinski definition) is 1. The van der Waals surface area contributed by atoms with E-state index in [1.165, 1.54) is 47.0 Å². The van der Waals surface area contributed by atoms with E-state index in [1.807, 2.05) is 25.1 Å². The lowest BCUT2D eigenvalue weighted by Gasteiger charge is -2.33. The second-order valence-electron chi connectivity index (χ2n) is 8.08. The Labute approximate surface area is 194 Å². The highest BCUT2D eigenvalue weighted by Gasteiger charge is 2.59. The van der Waals surface area contributed by atoms with Gasteiger partial charge in [0.25, 0.3) is 5.91 Å². The SMILES string of the molecule is Cc1ccc2c(c1)[C@@]1(SCCN1C(=O)Nc1ccc(F)cc1)C(=O)N2Cc1ccccc1F. The van der Waals surface area contributed by atoms with E-state index < -0.39 is 16.7 Å². The molecular formula is C25H21F2N3O2S. The number of benzene rings is 3. The molecule has 2 aliphatic heterocycles. The van der Waals surface area contributed by atoms with Crippen LogP contribution in [-0.4, -0.2) is 29.1 Å². The summed E-state index contributed by atoms with van der Waals surface area (Å²) in [7, 11) is 0. The fraction of sp³-hybridized carbons (Fsp3) is 0.200. The lowest BCUT2D eigenvalue weighted by atomic mass is 10.0. The van der Waals surface area contributed by atoms with E-state index >= 15 is 0 Å². The van der Waals surface area contributed by atoms with Crippen molar-refractivity contribution in [3.8, 4) is 0 Å². The number of thioether (sulfide) groups is 1. The van der Waals surface area contributed by atoms with Crippen LogP contribution in [0.3, 0.4) is 0 Å². The van der Waals surface area contributed by atoms with Crippen molar-refractivity contribution in [2.45, 2.75) is 18.3 Å². The zero-order valence-electron chi connectivity index (χ0n) is 17.8. The third-order valence-corrected chi connectivity index (χ3v) is 7.40. The number of carbonyl (C=O) groups is 2. The van der Waals surface area contributed by atoms with E-state index in [0.717, 1.165) is 11.1 Å². The van der Waals surface area contributed by atoms with Crippen LogP contribution in [0, 0.1) is 18.6 Å². The van der Waals surface area contributed by atoms with Gasteiger partial charge < -0.3 is 10.2 Å². The lowest BCUT2D eigenvalue weighted by Crippen LogP contribution is -2.51. The second kappa shape index (κ2) is 8.19. The molecule has 3 aromatic carbocycles. The second-order valence-corrected chi connectivity index (χ2v) is 9.37. The van der Waals surface area contributed by atoms with E-state index in [0.29, 0.717) is 29.2 Å².